The van der Waals surface area contributed by atoms with Crippen molar-refractivity contribution in [3.8, 4) is 5.75 Å². The number of para-hydroxylation sites is 1. The van der Waals surface area contributed by atoms with Crippen molar-refractivity contribution in [1.29, 1.82) is 0 Å². The molecule has 1 heterocycles. The van der Waals surface area contributed by atoms with Crippen molar-refractivity contribution in [3.63, 3.8) is 0 Å². The zero-order chi connectivity index (χ0) is 17.7. The number of benzene rings is 1. The van der Waals surface area contributed by atoms with Crippen LogP contribution in [0.15, 0.2) is 24.3 Å². The summed E-state index contributed by atoms with van der Waals surface area (Å²) in [5, 5.41) is 12.3. The molecule has 1 saturated heterocycles. The van der Waals surface area contributed by atoms with Crippen LogP contribution in [0.1, 0.15) is 45.2 Å². The smallest absolute Gasteiger partial charge is 0.317 e. The van der Waals surface area contributed by atoms with E-state index in [9.17, 15) is 14.7 Å². The Hall–Kier alpha value is -2.24. The van der Waals surface area contributed by atoms with E-state index in [1.807, 2.05) is 38.1 Å². The number of nitrogens with one attached hydrogen (secondary N) is 1. The van der Waals surface area contributed by atoms with Crippen molar-refractivity contribution in [2.45, 2.75) is 39.7 Å². The average molecular weight is 334 g/mol. The Bertz CT molecular complexity index is 604. The number of aliphatic carboxylic acids is 1. The van der Waals surface area contributed by atoms with Gasteiger partial charge in [-0.05, 0) is 32.8 Å². The fraction of sp³-hybridized carbons (Fsp3) is 0.556. The van der Waals surface area contributed by atoms with Gasteiger partial charge in [0.1, 0.15) is 5.75 Å². The Morgan fingerprint density at radius 1 is 1.38 bits per heavy atom. The summed E-state index contributed by atoms with van der Waals surface area (Å²) in [7, 11) is 0. The molecule has 1 fully saturated rings. The molecule has 2 unspecified atom stereocenters. The summed E-state index contributed by atoms with van der Waals surface area (Å²) in [6.45, 7) is 6.86. The third-order valence-corrected chi connectivity index (χ3v) is 4.58. The van der Waals surface area contributed by atoms with Crippen molar-refractivity contribution in [2.24, 2.45) is 5.41 Å². The van der Waals surface area contributed by atoms with E-state index in [1.54, 1.807) is 11.8 Å². The van der Waals surface area contributed by atoms with Gasteiger partial charge in [-0.2, -0.15) is 0 Å². The number of carboxylic acids is 1. The molecule has 0 aliphatic carbocycles. The fourth-order valence-corrected chi connectivity index (χ4v) is 3.00. The minimum absolute atomic E-state index is 0.170. The highest BCUT2D eigenvalue weighted by Gasteiger charge is 2.42. The van der Waals surface area contributed by atoms with Crippen LogP contribution in [0, 0.1) is 5.41 Å². The molecule has 0 spiro atoms. The molecule has 0 bridgehead atoms. The summed E-state index contributed by atoms with van der Waals surface area (Å²) < 4.78 is 5.65. The average Bonchev–Trinajstić information content (AvgIpc) is 2.97. The molecule has 1 aliphatic rings. The van der Waals surface area contributed by atoms with Crippen LogP contribution in [0.4, 0.5) is 4.79 Å². The van der Waals surface area contributed by atoms with Gasteiger partial charge in [0.2, 0.25) is 0 Å². The van der Waals surface area contributed by atoms with E-state index in [-0.39, 0.29) is 18.6 Å². The lowest BCUT2D eigenvalue weighted by atomic mass is 9.90. The Labute approximate surface area is 142 Å². The van der Waals surface area contributed by atoms with Crippen molar-refractivity contribution >= 4 is 12.0 Å². The van der Waals surface area contributed by atoms with Gasteiger partial charge in [-0.25, -0.2) is 4.79 Å². The SMILES string of the molecule is CCOc1ccccc1C(CC)NC(=O)N1CCC(C)(C(=O)O)C1. The molecule has 0 radical (unpaired) electrons. The van der Waals surface area contributed by atoms with Crippen LogP contribution in [-0.4, -0.2) is 41.7 Å². The van der Waals surface area contributed by atoms with Crippen molar-refractivity contribution < 1.29 is 19.4 Å². The predicted octanol–water partition coefficient (Wildman–Crippen LogP) is 3.04. The molecule has 2 rings (SSSR count). The van der Waals surface area contributed by atoms with E-state index in [0.717, 1.165) is 17.7 Å². The monoisotopic (exact) mass is 334 g/mol. The van der Waals surface area contributed by atoms with E-state index in [4.69, 9.17) is 4.74 Å². The summed E-state index contributed by atoms with van der Waals surface area (Å²) in [4.78, 5) is 25.5. The second-order valence-corrected chi connectivity index (χ2v) is 6.42. The second kappa shape index (κ2) is 7.55. The summed E-state index contributed by atoms with van der Waals surface area (Å²) in [6, 6.07) is 7.27. The zero-order valence-electron chi connectivity index (χ0n) is 14.5. The number of amides is 2. The highest BCUT2D eigenvalue weighted by molar-refractivity contribution is 5.79. The summed E-state index contributed by atoms with van der Waals surface area (Å²) in [5.74, 6) is -0.0875. The van der Waals surface area contributed by atoms with Gasteiger partial charge in [-0.15, -0.1) is 0 Å². The quantitative estimate of drug-likeness (QED) is 0.838. The zero-order valence-corrected chi connectivity index (χ0v) is 14.5. The first kappa shape index (κ1) is 18.1. The van der Waals surface area contributed by atoms with Crippen molar-refractivity contribution in [3.05, 3.63) is 29.8 Å². The summed E-state index contributed by atoms with van der Waals surface area (Å²) in [6.07, 6.45) is 1.20. The molecule has 6 nitrogen and oxygen atoms in total. The van der Waals surface area contributed by atoms with Crippen LogP contribution in [0.25, 0.3) is 0 Å². The minimum atomic E-state index is -0.859. The Kier molecular flexibility index (Phi) is 5.70. The number of urea groups is 1. The Balaban J connectivity index is 2.08. The molecule has 2 amide bonds. The van der Waals surface area contributed by atoms with Gasteiger partial charge in [0.25, 0.3) is 0 Å². The van der Waals surface area contributed by atoms with Crippen molar-refractivity contribution in [2.75, 3.05) is 19.7 Å². The number of hydrogen-bond acceptors (Lipinski definition) is 3. The Morgan fingerprint density at radius 2 is 2.08 bits per heavy atom. The van der Waals surface area contributed by atoms with Gasteiger partial charge >= 0.3 is 12.0 Å². The van der Waals surface area contributed by atoms with Crippen LogP contribution in [0.2, 0.25) is 0 Å². The van der Waals surface area contributed by atoms with Crippen LogP contribution < -0.4 is 10.1 Å². The van der Waals surface area contributed by atoms with Gasteiger partial charge in [0, 0.05) is 18.7 Å². The molecule has 24 heavy (non-hydrogen) atoms. The molecule has 0 saturated carbocycles. The molecular weight excluding hydrogens is 308 g/mol. The largest absolute Gasteiger partial charge is 0.494 e. The van der Waals surface area contributed by atoms with Gasteiger partial charge < -0.3 is 20.1 Å². The van der Waals surface area contributed by atoms with Crippen LogP contribution in [0.3, 0.4) is 0 Å². The van der Waals surface area contributed by atoms with E-state index in [2.05, 4.69) is 5.32 Å². The predicted molar refractivity (Wildman–Crippen MR) is 91.1 cm³/mol. The number of rotatable bonds is 6. The third-order valence-electron chi connectivity index (χ3n) is 4.58. The number of ether oxygens (including phenoxy) is 1. The van der Waals surface area contributed by atoms with Gasteiger partial charge in [0.05, 0.1) is 18.1 Å². The highest BCUT2D eigenvalue weighted by Crippen LogP contribution is 2.31. The first-order chi connectivity index (χ1) is 11.4. The summed E-state index contributed by atoms with van der Waals surface area (Å²) in [5.41, 5.74) is 0.0813. The van der Waals surface area contributed by atoms with E-state index >= 15 is 0 Å². The van der Waals surface area contributed by atoms with Gasteiger partial charge in [0.15, 0.2) is 0 Å². The maximum Gasteiger partial charge on any atom is 0.317 e. The van der Waals surface area contributed by atoms with Crippen LogP contribution in [-0.2, 0) is 4.79 Å². The van der Waals surface area contributed by atoms with E-state index in [0.29, 0.717) is 19.6 Å². The van der Waals surface area contributed by atoms with Crippen LogP contribution in [0.5, 0.6) is 5.75 Å². The van der Waals surface area contributed by atoms with Crippen molar-refractivity contribution in [1.82, 2.24) is 10.2 Å². The highest BCUT2D eigenvalue weighted by atomic mass is 16.5. The lowest BCUT2D eigenvalue weighted by molar-refractivity contribution is -0.147. The first-order valence-electron chi connectivity index (χ1n) is 8.41. The molecule has 0 aromatic heterocycles. The topological polar surface area (TPSA) is 78.9 Å². The number of hydrogen-bond donors (Lipinski definition) is 2. The molecule has 1 aromatic rings. The standard InChI is InChI=1S/C18H26N2O4/c1-4-14(13-8-6-7-9-15(13)24-5-2)19-17(23)20-11-10-18(3,12-20)16(21)22/h6-9,14H,4-5,10-12H2,1-3H3,(H,19,23)(H,21,22). The molecule has 2 atom stereocenters. The Morgan fingerprint density at radius 3 is 2.67 bits per heavy atom. The molecule has 132 valence electrons. The number of carbonyl (C=O) groups is 2. The number of carboxylic acid groups (broad SMARTS) is 1. The third kappa shape index (κ3) is 3.80. The molecule has 2 N–H and O–H groups in total. The number of carbonyl (C=O) groups excluding carboxylic acids is 1. The number of nitrogens with zero attached hydrogens (tertiary/aromatic N) is 1. The van der Waals surface area contributed by atoms with Gasteiger partial charge in [-0.1, -0.05) is 25.1 Å². The maximum atomic E-state index is 12.5. The normalized spacial score (nSPS) is 21.4. The minimum Gasteiger partial charge on any atom is -0.494 e. The van der Waals surface area contributed by atoms with E-state index < -0.39 is 11.4 Å². The van der Waals surface area contributed by atoms with Gasteiger partial charge in [-0.3, -0.25) is 4.79 Å². The lowest BCUT2D eigenvalue weighted by Gasteiger charge is -2.25. The summed E-state index contributed by atoms with van der Waals surface area (Å²) >= 11 is 0. The number of likely N-dealkylation sites (tertiary alicyclic amines) is 1. The molecule has 1 aromatic carbocycles. The molecule has 1 aliphatic heterocycles. The molecular formula is C18H26N2O4. The first-order valence-corrected chi connectivity index (χ1v) is 8.41. The van der Waals surface area contributed by atoms with E-state index in [1.165, 1.54) is 0 Å². The molecule has 6 heteroatoms. The maximum absolute atomic E-state index is 12.5. The fourth-order valence-electron chi connectivity index (χ4n) is 3.00. The van der Waals surface area contributed by atoms with Crippen LogP contribution >= 0.6 is 0 Å². The lowest BCUT2D eigenvalue weighted by Crippen LogP contribution is -2.42. The second-order valence-electron chi connectivity index (χ2n) is 6.42.